The van der Waals surface area contributed by atoms with Crippen LogP contribution in [0.25, 0.3) is 16.6 Å². The molecule has 0 bridgehead atoms. The lowest BCUT2D eigenvalue weighted by Crippen LogP contribution is -2.28. The van der Waals surface area contributed by atoms with Gasteiger partial charge in [0.1, 0.15) is 0 Å². The van der Waals surface area contributed by atoms with Crippen molar-refractivity contribution in [3.63, 3.8) is 0 Å². The van der Waals surface area contributed by atoms with Crippen LogP contribution in [0.2, 0.25) is 0 Å². The summed E-state index contributed by atoms with van der Waals surface area (Å²) in [4.78, 5) is 0.133. The molecule has 144 valence electrons. The molecule has 0 unspecified atom stereocenters. The molecule has 0 fully saturated rings. The Morgan fingerprint density at radius 2 is 1.89 bits per heavy atom. The fraction of sp³-hybridized carbons (Fsp3) is 0.150. The van der Waals surface area contributed by atoms with Crippen LogP contribution in [0.4, 0.5) is 0 Å². The van der Waals surface area contributed by atoms with E-state index in [4.69, 9.17) is 0 Å². The van der Waals surface area contributed by atoms with E-state index in [1.807, 2.05) is 36.0 Å². The third-order valence-corrected chi connectivity index (χ3v) is 6.12. The summed E-state index contributed by atoms with van der Waals surface area (Å²) in [5, 5.41) is 15.5. The molecule has 0 aliphatic heterocycles. The van der Waals surface area contributed by atoms with E-state index in [0.717, 1.165) is 16.6 Å². The average molecular weight is 396 g/mol. The summed E-state index contributed by atoms with van der Waals surface area (Å²) in [7, 11) is -1.78. The fourth-order valence-electron chi connectivity index (χ4n) is 3.10. The van der Waals surface area contributed by atoms with Crippen molar-refractivity contribution in [3.05, 3.63) is 78.8 Å². The smallest absolute Gasteiger partial charge is 0.240 e. The van der Waals surface area contributed by atoms with Crippen LogP contribution in [0, 0.1) is 0 Å². The van der Waals surface area contributed by atoms with Crippen LogP contribution in [-0.4, -0.2) is 34.4 Å². The maximum absolute atomic E-state index is 12.5. The summed E-state index contributed by atoms with van der Waals surface area (Å²) in [5.74, 6) is 0. The highest BCUT2D eigenvalue weighted by Crippen LogP contribution is 2.21. The molecule has 0 aliphatic rings. The highest BCUT2D eigenvalue weighted by atomic mass is 32.2. The van der Waals surface area contributed by atoms with Crippen molar-refractivity contribution in [1.29, 1.82) is 0 Å². The average Bonchev–Trinajstić information content (AvgIpc) is 3.36. The number of aromatic nitrogens is 3. The topological polar surface area (TPSA) is 89.1 Å². The van der Waals surface area contributed by atoms with Gasteiger partial charge in [-0.15, -0.1) is 0 Å². The largest absolute Gasteiger partial charge is 0.387 e. The number of rotatable bonds is 6. The normalized spacial score (nSPS) is 13.1. The Morgan fingerprint density at radius 1 is 1.11 bits per heavy atom. The van der Waals surface area contributed by atoms with Crippen molar-refractivity contribution in [3.8, 4) is 5.69 Å². The van der Waals surface area contributed by atoms with Gasteiger partial charge < -0.3 is 9.67 Å². The molecule has 0 amide bonds. The summed E-state index contributed by atoms with van der Waals surface area (Å²) in [6.45, 7) is -0.110. The standard InChI is InChI=1S/C20H20N4O3S/c1-23-12-9-15-13-16(3-8-19(15)23)20(25)14-22-28(26,27)18-6-4-17(5-7-18)24-11-2-10-21-24/h2-13,20,22,25H,14H2,1H3/t20-/m1/s1. The minimum Gasteiger partial charge on any atom is -0.387 e. The van der Waals surface area contributed by atoms with Gasteiger partial charge in [0.25, 0.3) is 0 Å². The number of hydrogen-bond donors (Lipinski definition) is 2. The van der Waals surface area contributed by atoms with Crippen LogP contribution in [0.1, 0.15) is 11.7 Å². The first-order valence-corrected chi connectivity index (χ1v) is 10.3. The zero-order chi connectivity index (χ0) is 19.7. The molecular formula is C20H20N4O3S. The lowest BCUT2D eigenvalue weighted by Gasteiger charge is -2.13. The van der Waals surface area contributed by atoms with Gasteiger partial charge >= 0.3 is 0 Å². The van der Waals surface area contributed by atoms with E-state index in [2.05, 4.69) is 9.82 Å². The van der Waals surface area contributed by atoms with Gasteiger partial charge in [-0.25, -0.2) is 17.8 Å². The van der Waals surface area contributed by atoms with Crippen molar-refractivity contribution in [2.24, 2.45) is 7.05 Å². The molecule has 2 aromatic heterocycles. The summed E-state index contributed by atoms with van der Waals surface area (Å²) in [5.41, 5.74) is 2.48. The first-order valence-electron chi connectivity index (χ1n) is 8.77. The van der Waals surface area contributed by atoms with E-state index in [-0.39, 0.29) is 11.4 Å². The molecule has 2 N–H and O–H groups in total. The molecule has 4 rings (SSSR count). The molecule has 0 aliphatic carbocycles. The fourth-order valence-corrected chi connectivity index (χ4v) is 4.14. The number of sulfonamides is 1. The van der Waals surface area contributed by atoms with Crippen LogP contribution in [0.5, 0.6) is 0 Å². The van der Waals surface area contributed by atoms with Crippen LogP contribution in [0.3, 0.4) is 0 Å². The second-order valence-electron chi connectivity index (χ2n) is 6.56. The molecule has 8 heteroatoms. The third kappa shape index (κ3) is 3.57. The number of aliphatic hydroxyl groups is 1. The summed E-state index contributed by atoms with van der Waals surface area (Å²) in [6.07, 6.45) is 4.43. The van der Waals surface area contributed by atoms with Crippen LogP contribution in [0.15, 0.2) is 78.1 Å². The Balaban J connectivity index is 1.46. The molecule has 0 saturated carbocycles. The Labute approximate surface area is 162 Å². The zero-order valence-electron chi connectivity index (χ0n) is 15.2. The predicted molar refractivity (Wildman–Crippen MR) is 107 cm³/mol. The number of benzene rings is 2. The molecule has 2 aromatic carbocycles. The van der Waals surface area contributed by atoms with E-state index >= 15 is 0 Å². The first kappa shape index (κ1) is 18.4. The number of fused-ring (bicyclic) bond motifs is 1. The molecule has 0 spiro atoms. The Kier molecular flexibility index (Phi) is 4.76. The van der Waals surface area contributed by atoms with Crippen molar-refractivity contribution >= 4 is 20.9 Å². The van der Waals surface area contributed by atoms with E-state index < -0.39 is 16.1 Å². The van der Waals surface area contributed by atoms with Crippen LogP contribution < -0.4 is 4.72 Å². The summed E-state index contributed by atoms with van der Waals surface area (Å²) >= 11 is 0. The monoisotopic (exact) mass is 396 g/mol. The molecule has 4 aromatic rings. The summed E-state index contributed by atoms with van der Waals surface area (Å²) in [6, 6.07) is 15.7. The van der Waals surface area contributed by atoms with Gasteiger partial charge in [-0.05, 0) is 59.5 Å². The molecular weight excluding hydrogens is 376 g/mol. The lowest BCUT2D eigenvalue weighted by atomic mass is 10.1. The Morgan fingerprint density at radius 3 is 2.61 bits per heavy atom. The van der Waals surface area contributed by atoms with Crippen molar-refractivity contribution in [2.45, 2.75) is 11.0 Å². The number of aliphatic hydroxyl groups excluding tert-OH is 1. The maximum Gasteiger partial charge on any atom is 0.240 e. The Bertz CT molecular complexity index is 1200. The zero-order valence-corrected chi connectivity index (χ0v) is 16.0. The van der Waals surface area contributed by atoms with Gasteiger partial charge in [-0.2, -0.15) is 5.10 Å². The maximum atomic E-state index is 12.5. The number of nitrogens with zero attached hydrogens (tertiary/aromatic N) is 3. The second-order valence-corrected chi connectivity index (χ2v) is 8.32. The van der Waals surface area contributed by atoms with E-state index in [1.54, 1.807) is 41.3 Å². The third-order valence-electron chi connectivity index (χ3n) is 4.68. The van der Waals surface area contributed by atoms with Crippen molar-refractivity contribution < 1.29 is 13.5 Å². The van der Waals surface area contributed by atoms with Gasteiger partial charge in [0.05, 0.1) is 16.7 Å². The SMILES string of the molecule is Cn1ccc2cc([C@H](O)CNS(=O)(=O)c3ccc(-n4cccn4)cc3)ccc21. The number of aryl methyl sites for hydroxylation is 1. The number of hydrogen-bond acceptors (Lipinski definition) is 4. The Hall–Kier alpha value is -2.94. The van der Waals surface area contributed by atoms with E-state index in [1.165, 1.54) is 12.1 Å². The highest BCUT2D eigenvalue weighted by Gasteiger charge is 2.17. The van der Waals surface area contributed by atoms with Crippen LogP contribution >= 0.6 is 0 Å². The van der Waals surface area contributed by atoms with Gasteiger partial charge in [-0.3, -0.25) is 0 Å². The number of nitrogens with one attached hydrogen (secondary N) is 1. The first-order chi connectivity index (χ1) is 13.4. The molecule has 0 saturated heterocycles. The molecule has 2 heterocycles. The minimum absolute atomic E-state index is 0.110. The predicted octanol–water partition coefficient (Wildman–Crippen LogP) is 2.38. The van der Waals surface area contributed by atoms with Crippen molar-refractivity contribution in [1.82, 2.24) is 19.1 Å². The van der Waals surface area contributed by atoms with E-state index in [9.17, 15) is 13.5 Å². The van der Waals surface area contributed by atoms with E-state index in [0.29, 0.717) is 5.56 Å². The molecule has 28 heavy (non-hydrogen) atoms. The molecule has 7 nitrogen and oxygen atoms in total. The van der Waals surface area contributed by atoms with Gasteiger partial charge in [0.15, 0.2) is 0 Å². The second kappa shape index (κ2) is 7.23. The van der Waals surface area contributed by atoms with Crippen LogP contribution in [-0.2, 0) is 17.1 Å². The quantitative estimate of drug-likeness (QED) is 0.524. The molecule has 0 radical (unpaired) electrons. The highest BCUT2D eigenvalue weighted by molar-refractivity contribution is 7.89. The van der Waals surface area contributed by atoms with Gasteiger partial charge in [0.2, 0.25) is 10.0 Å². The van der Waals surface area contributed by atoms with Crippen molar-refractivity contribution in [2.75, 3.05) is 6.54 Å². The van der Waals surface area contributed by atoms with Gasteiger partial charge in [0, 0.05) is 37.7 Å². The summed E-state index contributed by atoms with van der Waals surface area (Å²) < 4.78 is 31.2. The lowest BCUT2D eigenvalue weighted by molar-refractivity contribution is 0.182. The minimum atomic E-state index is -3.73. The molecule has 1 atom stereocenters. The van der Waals surface area contributed by atoms with Gasteiger partial charge in [-0.1, -0.05) is 6.07 Å².